The summed E-state index contributed by atoms with van der Waals surface area (Å²) in [5.41, 5.74) is 0.881. The van der Waals surface area contributed by atoms with Crippen LogP contribution in [0.2, 0.25) is 0 Å². The van der Waals surface area contributed by atoms with Gasteiger partial charge in [0.15, 0.2) is 5.78 Å². The molecule has 4 rings (SSSR count). The molecule has 1 spiro atoms. The minimum atomic E-state index is -0.812. The molecule has 0 saturated heterocycles. The maximum Gasteiger partial charge on any atom is 0.303 e. The summed E-state index contributed by atoms with van der Waals surface area (Å²) in [6.07, 6.45) is 8.64. The summed E-state index contributed by atoms with van der Waals surface area (Å²) in [5, 5.41) is 8.97. The van der Waals surface area contributed by atoms with Gasteiger partial charge < -0.3 is 5.11 Å². The van der Waals surface area contributed by atoms with Crippen LogP contribution < -0.4 is 0 Å². The Morgan fingerprint density at radius 3 is 2.95 bits per heavy atom. The number of aliphatic carboxylic acids is 1. The fourth-order valence-electron chi connectivity index (χ4n) is 4.82. The molecular weight excluding hydrogens is 252 g/mol. The van der Waals surface area contributed by atoms with Gasteiger partial charge in [0.1, 0.15) is 0 Å². The molecule has 0 aliphatic heterocycles. The fraction of sp³-hybridized carbons (Fsp3) is 0.647. The molecular formula is C17H22O3. The second-order valence-corrected chi connectivity index (χ2v) is 7.10. The van der Waals surface area contributed by atoms with Crippen molar-refractivity contribution in [3.8, 4) is 0 Å². The van der Waals surface area contributed by atoms with Gasteiger partial charge in [-0.2, -0.15) is 0 Å². The average molecular weight is 274 g/mol. The van der Waals surface area contributed by atoms with Crippen LogP contribution in [0.25, 0.3) is 0 Å². The summed E-state index contributed by atoms with van der Waals surface area (Å²) in [4.78, 5) is 23.4. The Hall–Kier alpha value is -1.38. The van der Waals surface area contributed by atoms with Crippen LogP contribution in [-0.2, 0) is 9.59 Å². The molecule has 0 heterocycles. The van der Waals surface area contributed by atoms with Crippen LogP contribution in [0.5, 0.6) is 0 Å². The molecule has 1 N–H and O–H groups in total. The monoisotopic (exact) mass is 274 g/mol. The number of hydrogen-bond acceptors (Lipinski definition) is 2. The molecule has 4 aliphatic carbocycles. The number of carboxylic acid groups (broad SMARTS) is 1. The first-order chi connectivity index (χ1) is 9.37. The van der Waals surface area contributed by atoms with Crippen molar-refractivity contribution in [3.63, 3.8) is 0 Å². The summed E-state index contributed by atoms with van der Waals surface area (Å²) in [5.74, 6) is 0.127. The lowest BCUT2D eigenvalue weighted by Gasteiger charge is -2.59. The van der Waals surface area contributed by atoms with E-state index in [1.165, 1.54) is 12.0 Å². The lowest BCUT2D eigenvalue weighted by molar-refractivity contribution is -0.141. The van der Waals surface area contributed by atoms with E-state index in [1.807, 2.05) is 6.92 Å². The zero-order valence-electron chi connectivity index (χ0n) is 12.0. The van der Waals surface area contributed by atoms with Crippen LogP contribution in [-0.4, -0.2) is 16.9 Å². The third kappa shape index (κ3) is 1.79. The minimum absolute atomic E-state index is 0.0625. The molecule has 4 aliphatic rings. The Bertz CT molecular complexity index is 518. The highest BCUT2D eigenvalue weighted by atomic mass is 16.4. The van der Waals surface area contributed by atoms with Crippen LogP contribution in [0.1, 0.15) is 45.4 Å². The Kier molecular flexibility index (Phi) is 2.93. The van der Waals surface area contributed by atoms with Crippen molar-refractivity contribution in [1.29, 1.82) is 0 Å². The second kappa shape index (κ2) is 4.31. The normalized spacial score (nSPS) is 42.6. The first-order valence-corrected chi connectivity index (χ1v) is 7.50. The number of carbonyl (C=O) groups is 2. The van der Waals surface area contributed by atoms with Gasteiger partial charge in [0, 0.05) is 11.8 Å². The maximum absolute atomic E-state index is 12.4. The summed E-state index contributed by atoms with van der Waals surface area (Å²) in [6.45, 7) is 6.19. The number of rotatable bonds is 3. The largest absolute Gasteiger partial charge is 0.481 e. The Labute approximate surface area is 119 Å². The zero-order valence-corrected chi connectivity index (χ0v) is 12.0. The van der Waals surface area contributed by atoms with Gasteiger partial charge >= 0.3 is 5.97 Å². The highest BCUT2D eigenvalue weighted by Crippen LogP contribution is 2.64. The van der Waals surface area contributed by atoms with E-state index in [1.54, 1.807) is 6.08 Å². The SMILES string of the molecule is C=C1CC23C=CC(=O)[C@@](C)(CCC(=O)O)C2CC1CC3. The number of ketones is 1. The van der Waals surface area contributed by atoms with Gasteiger partial charge in [-0.15, -0.1) is 0 Å². The molecule has 3 fully saturated rings. The van der Waals surface area contributed by atoms with Crippen molar-refractivity contribution in [2.45, 2.75) is 45.4 Å². The highest BCUT2D eigenvalue weighted by molar-refractivity contribution is 5.96. The van der Waals surface area contributed by atoms with Crippen molar-refractivity contribution in [2.24, 2.45) is 22.7 Å². The van der Waals surface area contributed by atoms with E-state index < -0.39 is 11.4 Å². The number of fused-ring (bicyclic) bond motifs is 2. The first-order valence-electron chi connectivity index (χ1n) is 7.50. The van der Waals surface area contributed by atoms with E-state index in [2.05, 4.69) is 12.7 Å². The predicted octanol–water partition coefficient (Wildman–Crippen LogP) is 3.36. The van der Waals surface area contributed by atoms with Gasteiger partial charge in [0.2, 0.25) is 0 Å². The molecule has 3 heteroatoms. The van der Waals surface area contributed by atoms with Crippen LogP contribution in [0, 0.1) is 22.7 Å². The number of allylic oxidation sites excluding steroid dienone is 3. The van der Waals surface area contributed by atoms with E-state index >= 15 is 0 Å². The van der Waals surface area contributed by atoms with Crippen molar-refractivity contribution in [3.05, 3.63) is 24.3 Å². The quantitative estimate of drug-likeness (QED) is 0.803. The summed E-state index contributed by atoms with van der Waals surface area (Å²) in [7, 11) is 0. The number of hydrogen-bond donors (Lipinski definition) is 1. The molecule has 0 amide bonds. The average Bonchev–Trinajstić information content (AvgIpc) is 2.41. The molecule has 0 aromatic rings. The van der Waals surface area contributed by atoms with Gasteiger partial charge in [-0.25, -0.2) is 0 Å². The van der Waals surface area contributed by atoms with Crippen LogP contribution >= 0.6 is 0 Å². The van der Waals surface area contributed by atoms with Gasteiger partial charge in [0.05, 0.1) is 0 Å². The van der Waals surface area contributed by atoms with Crippen molar-refractivity contribution >= 4 is 11.8 Å². The molecule has 0 aromatic heterocycles. The van der Waals surface area contributed by atoms with Crippen LogP contribution in [0.15, 0.2) is 24.3 Å². The lowest BCUT2D eigenvalue weighted by atomic mass is 9.44. The Balaban J connectivity index is 1.96. The van der Waals surface area contributed by atoms with Crippen molar-refractivity contribution in [1.82, 2.24) is 0 Å². The topological polar surface area (TPSA) is 54.4 Å². The van der Waals surface area contributed by atoms with E-state index in [-0.39, 0.29) is 23.5 Å². The lowest BCUT2D eigenvalue weighted by Crippen LogP contribution is -2.54. The smallest absolute Gasteiger partial charge is 0.303 e. The molecule has 2 bridgehead atoms. The van der Waals surface area contributed by atoms with Crippen molar-refractivity contribution in [2.75, 3.05) is 0 Å². The molecule has 0 aromatic carbocycles. The summed E-state index contributed by atoms with van der Waals surface area (Å²) < 4.78 is 0. The van der Waals surface area contributed by atoms with Gasteiger partial charge in [-0.1, -0.05) is 25.2 Å². The van der Waals surface area contributed by atoms with Crippen molar-refractivity contribution < 1.29 is 14.7 Å². The third-order valence-electron chi connectivity index (χ3n) is 6.06. The minimum Gasteiger partial charge on any atom is -0.481 e. The molecule has 0 radical (unpaired) electrons. The van der Waals surface area contributed by atoms with Crippen LogP contribution in [0.3, 0.4) is 0 Å². The molecule has 20 heavy (non-hydrogen) atoms. The Morgan fingerprint density at radius 1 is 1.55 bits per heavy atom. The molecule has 3 unspecified atom stereocenters. The first kappa shape index (κ1) is 13.6. The van der Waals surface area contributed by atoms with E-state index in [9.17, 15) is 9.59 Å². The Morgan fingerprint density at radius 2 is 2.30 bits per heavy atom. The van der Waals surface area contributed by atoms with Gasteiger partial charge in [-0.3, -0.25) is 9.59 Å². The maximum atomic E-state index is 12.4. The number of carbonyl (C=O) groups excluding carboxylic acids is 1. The molecule has 3 saturated carbocycles. The predicted molar refractivity (Wildman–Crippen MR) is 76.1 cm³/mol. The molecule has 108 valence electrons. The summed E-state index contributed by atoms with van der Waals surface area (Å²) in [6, 6.07) is 0. The highest BCUT2D eigenvalue weighted by Gasteiger charge is 2.58. The van der Waals surface area contributed by atoms with E-state index in [0.29, 0.717) is 12.3 Å². The van der Waals surface area contributed by atoms with Crippen LogP contribution in [0.4, 0.5) is 0 Å². The third-order valence-corrected chi connectivity index (χ3v) is 6.06. The zero-order chi connectivity index (χ0) is 14.5. The van der Waals surface area contributed by atoms with Gasteiger partial charge in [0.25, 0.3) is 0 Å². The van der Waals surface area contributed by atoms with Gasteiger partial charge in [-0.05, 0) is 55.4 Å². The fourth-order valence-corrected chi connectivity index (χ4v) is 4.82. The van der Waals surface area contributed by atoms with E-state index in [0.717, 1.165) is 19.3 Å². The molecule has 3 nitrogen and oxygen atoms in total. The second-order valence-electron chi connectivity index (χ2n) is 7.10. The standard InChI is InChI=1S/C17H22O3/c1-11-10-17-7-3-12(11)9-13(17)16(2,6-5-15(19)20)14(18)4-8-17/h4,8,12-13H,1,3,5-7,9-10H2,2H3,(H,19,20)/t12?,13?,16-,17?/m0/s1. The van der Waals surface area contributed by atoms with E-state index in [4.69, 9.17) is 5.11 Å². The summed E-state index contributed by atoms with van der Waals surface area (Å²) >= 11 is 0. The molecule has 4 atom stereocenters. The number of carboxylic acids is 1.